The fourth-order valence-corrected chi connectivity index (χ4v) is 9.34. The molecule has 0 saturated heterocycles. The summed E-state index contributed by atoms with van der Waals surface area (Å²) < 4.78 is 52.1. The molecule has 1 heterocycles. The molecule has 2 bridgehead atoms. The molecule has 1 unspecified atom stereocenters. The summed E-state index contributed by atoms with van der Waals surface area (Å²) in [6.07, 6.45) is 15.5. The Bertz CT molecular complexity index is 1870. The molecular formula is C51H82O19P2. The van der Waals surface area contributed by atoms with Crippen LogP contribution in [0.1, 0.15) is 136 Å². The van der Waals surface area contributed by atoms with Crippen molar-refractivity contribution < 1.29 is 91.9 Å². The molecule has 2 rings (SSSR count). The second-order valence-corrected chi connectivity index (χ2v) is 20.5. The van der Waals surface area contributed by atoms with Crippen LogP contribution in [0, 0.1) is 11.8 Å². The van der Waals surface area contributed by atoms with Crippen LogP contribution in [0.4, 0.5) is 0 Å². The SMILES string of the molecule is CC/C=C\C/C=C\C/C=C\C/C=C\C/C=C\CCCCCC(=O)OC[C@@H]1COP(=O)(O)O[C@H]2[C@H](O)[C@@H](O)[C@H](O)[C@@H](C/C=C\CCCC(=O)O1)C(=O)C[C@@H](O)[C@H](/C=C/[C@@H](O)CCCCC)[C@@H](O)[C@H]2OP(=O)(O)O. The number of Topliss-reactive ketones (excluding diaryl/α,β-unsaturated/α-hetero) is 1. The number of cyclic esters (lactones) is 1. The molecule has 19 nitrogen and oxygen atoms in total. The Morgan fingerprint density at radius 3 is 2.10 bits per heavy atom. The van der Waals surface area contributed by atoms with Crippen LogP contribution >= 0.6 is 15.6 Å². The number of hydrogen-bond acceptors (Lipinski definition) is 16. The molecule has 12 atom stereocenters. The third kappa shape index (κ3) is 27.9. The molecule has 21 heteroatoms. The maximum atomic E-state index is 13.7. The van der Waals surface area contributed by atoms with Crippen LogP contribution in [0.25, 0.3) is 0 Å². The van der Waals surface area contributed by atoms with E-state index < -0.39 is 120 Å². The van der Waals surface area contributed by atoms with Gasteiger partial charge >= 0.3 is 27.6 Å². The van der Waals surface area contributed by atoms with E-state index in [2.05, 4.69) is 67.7 Å². The number of rotatable bonds is 25. The zero-order valence-corrected chi connectivity index (χ0v) is 43.6. The van der Waals surface area contributed by atoms with Crippen molar-refractivity contribution in [1.29, 1.82) is 0 Å². The maximum Gasteiger partial charge on any atom is 0.472 e. The summed E-state index contributed by atoms with van der Waals surface area (Å²) in [5.74, 6) is -5.72. The van der Waals surface area contributed by atoms with Crippen molar-refractivity contribution in [2.75, 3.05) is 13.2 Å². The van der Waals surface area contributed by atoms with E-state index in [1.165, 1.54) is 6.08 Å². The summed E-state index contributed by atoms with van der Waals surface area (Å²) >= 11 is 0. The Morgan fingerprint density at radius 1 is 0.833 bits per heavy atom. The first-order valence-electron chi connectivity index (χ1n) is 25.2. The maximum absolute atomic E-state index is 13.7. The highest BCUT2D eigenvalue weighted by Crippen LogP contribution is 2.49. The van der Waals surface area contributed by atoms with Crippen LogP contribution in [-0.2, 0) is 46.6 Å². The van der Waals surface area contributed by atoms with E-state index in [0.717, 1.165) is 69.9 Å². The highest BCUT2D eigenvalue weighted by Gasteiger charge is 2.51. The minimum absolute atomic E-state index is 0.00725. The lowest BCUT2D eigenvalue weighted by Gasteiger charge is -2.38. The molecule has 0 aromatic carbocycles. The zero-order chi connectivity index (χ0) is 53.4. The molecule has 410 valence electrons. The van der Waals surface area contributed by atoms with Crippen molar-refractivity contribution in [2.24, 2.45) is 11.8 Å². The Labute approximate surface area is 424 Å². The quantitative estimate of drug-likeness (QED) is 0.0197. The fourth-order valence-electron chi connectivity index (χ4n) is 7.81. The van der Waals surface area contributed by atoms with Gasteiger partial charge in [0.1, 0.15) is 36.8 Å². The highest BCUT2D eigenvalue weighted by atomic mass is 31.2. The zero-order valence-electron chi connectivity index (χ0n) is 41.8. The number of carbonyl (C=O) groups excluding carboxylic acids is 3. The topological polar surface area (TPSA) is 314 Å². The van der Waals surface area contributed by atoms with E-state index in [4.69, 9.17) is 23.0 Å². The minimum Gasteiger partial charge on any atom is -0.462 e. The number of carbonyl (C=O) groups is 3. The van der Waals surface area contributed by atoms with E-state index in [0.29, 0.717) is 19.3 Å². The number of ketones is 1. The van der Waals surface area contributed by atoms with Crippen LogP contribution in [0.3, 0.4) is 0 Å². The monoisotopic (exact) mass is 1060 g/mol. The van der Waals surface area contributed by atoms with Crippen molar-refractivity contribution in [3.63, 3.8) is 0 Å². The fraction of sp³-hybridized carbons (Fsp3) is 0.667. The normalized spacial score (nSPS) is 30.2. The van der Waals surface area contributed by atoms with E-state index in [9.17, 15) is 68.8 Å². The molecule has 0 aromatic rings. The first kappa shape index (κ1) is 64.9. The van der Waals surface area contributed by atoms with Gasteiger partial charge in [-0.15, -0.1) is 0 Å². The Kier molecular flexibility index (Phi) is 33.0. The number of aliphatic hydroxyl groups is 6. The standard InChI is InChI=1S/C51H82O19P2/c1-3-5-7-8-9-10-11-12-13-14-15-16-17-18-19-20-21-22-27-31-44(55)66-36-39-37-67-72(64,65)70-51-49(60)48(59)46(57)40(30-26-23-24-28-32-45(56)68-39)42(53)35-43(54)41(34-33-38(52)29-25-6-4-2)47(58)50(51)69-71(61,62)63/h5,7,9-10,12-13,15-16,18-19,23,26,33-34,38-41,43,46-52,54,57-60H,3-4,6,8,11,14,17,20-22,24-25,27-32,35-37H2,1-2H3,(H,64,65)(H2,61,62,63)/b7-5-,10-9-,13-12-,16-15-,19-18-,26-23-,34-33+/t38-,39+,40-,41-,43+,46+,47+,48-,49+,50+,51-/m0/s1. The highest BCUT2D eigenvalue weighted by molar-refractivity contribution is 7.47. The molecule has 0 spiro atoms. The van der Waals surface area contributed by atoms with Crippen LogP contribution in [-0.4, -0.2) is 131 Å². The number of phosphoric ester groups is 2. The van der Waals surface area contributed by atoms with Crippen molar-refractivity contribution in [3.05, 3.63) is 85.1 Å². The average molecular weight is 1060 g/mol. The Hall–Kier alpha value is -3.23. The molecule has 0 radical (unpaired) electrons. The van der Waals surface area contributed by atoms with Gasteiger partial charge in [0.25, 0.3) is 0 Å². The average Bonchev–Trinajstić information content (AvgIpc) is 3.32. The molecule has 1 aliphatic heterocycles. The molecule has 0 aromatic heterocycles. The van der Waals surface area contributed by atoms with Crippen LogP contribution in [0.15, 0.2) is 85.1 Å². The largest absolute Gasteiger partial charge is 0.472 e. The summed E-state index contributed by atoms with van der Waals surface area (Å²) in [4.78, 5) is 70.4. The van der Waals surface area contributed by atoms with Gasteiger partial charge < -0.3 is 54.8 Å². The van der Waals surface area contributed by atoms with E-state index in [1.54, 1.807) is 6.08 Å². The van der Waals surface area contributed by atoms with Crippen molar-refractivity contribution in [3.8, 4) is 0 Å². The van der Waals surface area contributed by atoms with Gasteiger partial charge in [0.05, 0.1) is 31.0 Å². The van der Waals surface area contributed by atoms with E-state index >= 15 is 0 Å². The van der Waals surface area contributed by atoms with Crippen molar-refractivity contribution >= 4 is 33.4 Å². The lowest BCUT2D eigenvalue weighted by Crippen LogP contribution is -2.56. The van der Waals surface area contributed by atoms with Gasteiger partial charge in [-0.3, -0.25) is 28.0 Å². The van der Waals surface area contributed by atoms with Gasteiger partial charge in [-0.05, 0) is 77.0 Å². The third-order valence-electron chi connectivity index (χ3n) is 11.8. The molecule has 9 N–H and O–H groups in total. The van der Waals surface area contributed by atoms with Gasteiger partial charge in [-0.25, -0.2) is 9.13 Å². The number of esters is 2. The van der Waals surface area contributed by atoms with Crippen LogP contribution in [0.5, 0.6) is 0 Å². The second-order valence-electron chi connectivity index (χ2n) is 17.9. The summed E-state index contributed by atoms with van der Waals surface area (Å²) in [5, 5.41) is 68.1. The number of aliphatic hydroxyl groups excluding tert-OH is 6. The van der Waals surface area contributed by atoms with Crippen LogP contribution < -0.4 is 0 Å². The van der Waals surface area contributed by atoms with E-state index in [-0.39, 0.29) is 38.5 Å². The lowest BCUT2D eigenvalue weighted by atomic mass is 9.84. The Balaban J connectivity index is 2.23. The molecule has 72 heavy (non-hydrogen) atoms. The lowest BCUT2D eigenvalue weighted by molar-refractivity contribution is -0.165. The number of phosphoric acid groups is 2. The molecule has 1 saturated carbocycles. The number of unbranched alkanes of at least 4 members (excludes halogenated alkanes) is 5. The van der Waals surface area contributed by atoms with E-state index in [1.807, 2.05) is 6.92 Å². The smallest absolute Gasteiger partial charge is 0.462 e. The summed E-state index contributed by atoms with van der Waals surface area (Å²) in [7, 11) is -11.5. The van der Waals surface area contributed by atoms with Gasteiger partial charge in [0.2, 0.25) is 0 Å². The molecular weight excluding hydrogens is 978 g/mol. The summed E-state index contributed by atoms with van der Waals surface area (Å²) in [5.41, 5.74) is 0. The molecule has 1 aliphatic carbocycles. The second kappa shape index (κ2) is 36.7. The number of hydrogen-bond donors (Lipinski definition) is 9. The summed E-state index contributed by atoms with van der Waals surface area (Å²) in [6.45, 7) is 2.40. The first-order chi connectivity index (χ1) is 34.3. The number of fused-ring (bicyclic) bond motifs is 4. The summed E-state index contributed by atoms with van der Waals surface area (Å²) in [6, 6.07) is 0. The van der Waals surface area contributed by atoms with Gasteiger partial charge in [-0.2, -0.15) is 0 Å². The van der Waals surface area contributed by atoms with Gasteiger partial charge in [0.15, 0.2) is 6.10 Å². The predicted octanol–water partition coefficient (Wildman–Crippen LogP) is 6.76. The third-order valence-corrected chi connectivity index (χ3v) is 13.3. The molecule has 1 fully saturated rings. The van der Waals surface area contributed by atoms with Crippen molar-refractivity contribution in [1.82, 2.24) is 0 Å². The van der Waals surface area contributed by atoms with Crippen molar-refractivity contribution in [2.45, 2.75) is 191 Å². The minimum atomic E-state index is -5.79. The van der Waals surface area contributed by atoms with Gasteiger partial charge in [0, 0.05) is 31.1 Å². The number of ether oxygens (including phenoxy) is 2. The Morgan fingerprint density at radius 2 is 1.47 bits per heavy atom. The first-order valence-corrected chi connectivity index (χ1v) is 28.3. The predicted molar refractivity (Wildman–Crippen MR) is 269 cm³/mol. The van der Waals surface area contributed by atoms with Crippen LogP contribution in [0.2, 0.25) is 0 Å². The molecule has 0 amide bonds. The number of allylic oxidation sites excluding steroid dienone is 12. The molecule has 2 aliphatic rings. The van der Waals surface area contributed by atoms with Gasteiger partial charge in [-0.1, -0.05) is 125 Å².